The van der Waals surface area contributed by atoms with Crippen LogP contribution >= 0.6 is 11.3 Å². The van der Waals surface area contributed by atoms with E-state index < -0.39 is 5.60 Å². The monoisotopic (exact) mass is 453 g/mol. The quantitative estimate of drug-likeness (QED) is 0.596. The molecule has 1 fully saturated rings. The molecule has 1 aromatic carbocycles. The Bertz CT molecular complexity index is 1160. The molecule has 0 bridgehead atoms. The van der Waals surface area contributed by atoms with Crippen molar-refractivity contribution >= 4 is 21.6 Å². The summed E-state index contributed by atoms with van der Waals surface area (Å²) < 4.78 is 7.14. The summed E-state index contributed by atoms with van der Waals surface area (Å²) in [6.07, 6.45) is 9.69. The zero-order valence-electron chi connectivity index (χ0n) is 18.6. The van der Waals surface area contributed by atoms with Crippen LogP contribution in [0.4, 0.5) is 0 Å². The van der Waals surface area contributed by atoms with Crippen LogP contribution in [0.5, 0.6) is 5.75 Å². The fraction of sp³-hybridized carbons (Fsp3) is 0.520. The highest BCUT2D eigenvalue weighted by molar-refractivity contribution is 7.18. The van der Waals surface area contributed by atoms with Crippen molar-refractivity contribution in [3.8, 4) is 5.75 Å². The number of aromatic nitrogens is 2. The second kappa shape index (κ2) is 8.96. The summed E-state index contributed by atoms with van der Waals surface area (Å²) in [4.78, 5) is 20.1. The molecule has 2 heterocycles. The van der Waals surface area contributed by atoms with Gasteiger partial charge in [0.25, 0.3) is 5.56 Å². The Labute approximate surface area is 192 Å². The molecule has 6 nitrogen and oxygen atoms in total. The van der Waals surface area contributed by atoms with Gasteiger partial charge in [-0.3, -0.25) is 9.36 Å². The molecule has 0 aliphatic heterocycles. The smallest absolute Gasteiger partial charge is 0.262 e. The largest absolute Gasteiger partial charge is 0.496 e. The van der Waals surface area contributed by atoms with E-state index in [1.165, 1.54) is 16.9 Å². The first-order chi connectivity index (χ1) is 15.6. The number of benzene rings is 1. The molecule has 0 radical (unpaired) electrons. The molecular formula is C25H31N3O3S. The van der Waals surface area contributed by atoms with Crippen LogP contribution in [0.3, 0.4) is 0 Å². The number of nitrogens with one attached hydrogen (secondary N) is 1. The number of rotatable bonds is 6. The third-order valence-electron chi connectivity index (χ3n) is 7.07. The van der Waals surface area contributed by atoms with Gasteiger partial charge in [-0.05, 0) is 43.7 Å². The van der Waals surface area contributed by atoms with Crippen LogP contribution < -0.4 is 15.6 Å². The summed E-state index contributed by atoms with van der Waals surface area (Å²) in [5.74, 6) is 0.778. The Hall–Kier alpha value is -2.22. The van der Waals surface area contributed by atoms with Crippen LogP contribution in [-0.4, -0.2) is 40.0 Å². The maximum atomic E-state index is 13.4. The average molecular weight is 454 g/mol. The van der Waals surface area contributed by atoms with Gasteiger partial charge in [-0.15, -0.1) is 11.3 Å². The second-order valence-electron chi connectivity index (χ2n) is 9.28. The number of methoxy groups -OCH3 is 1. The summed E-state index contributed by atoms with van der Waals surface area (Å²) in [6, 6.07) is 8.12. The lowest BCUT2D eigenvalue weighted by atomic mass is 9.84. The number of aryl methyl sites for hydroxylation is 1. The maximum Gasteiger partial charge on any atom is 0.262 e. The predicted octanol–water partition coefficient (Wildman–Crippen LogP) is 3.66. The van der Waals surface area contributed by atoms with E-state index in [1.54, 1.807) is 29.3 Å². The SMILES string of the molecule is COc1ccccc1Cn1cnc2sc3c(c2c1=O)CCC(NCC1(O)CCCCC1)C3. The molecule has 2 aliphatic rings. The number of aliphatic hydroxyl groups is 1. The van der Waals surface area contributed by atoms with Crippen LogP contribution in [0.2, 0.25) is 0 Å². The van der Waals surface area contributed by atoms with Crippen LogP contribution in [0.25, 0.3) is 10.2 Å². The number of nitrogens with zero attached hydrogens (tertiary/aromatic N) is 2. The number of hydrogen-bond donors (Lipinski definition) is 2. The van der Waals surface area contributed by atoms with E-state index in [0.29, 0.717) is 19.1 Å². The summed E-state index contributed by atoms with van der Waals surface area (Å²) in [5, 5.41) is 15.2. The average Bonchev–Trinajstić information content (AvgIpc) is 3.19. The lowest BCUT2D eigenvalue weighted by Gasteiger charge is -2.34. The van der Waals surface area contributed by atoms with E-state index >= 15 is 0 Å². The highest BCUT2D eigenvalue weighted by atomic mass is 32.1. The van der Waals surface area contributed by atoms with Gasteiger partial charge in [0.1, 0.15) is 10.6 Å². The molecule has 32 heavy (non-hydrogen) atoms. The highest BCUT2D eigenvalue weighted by Crippen LogP contribution is 2.34. The standard InChI is InChI=1S/C25H31N3O3S/c1-31-20-8-4-3-7-17(20)14-28-16-27-23-22(24(28)29)19-10-9-18(13-21(19)32-23)26-15-25(30)11-5-2-6-12-25/h3-4,7-8,16,18,26,30H,2,5-6,9-15H2,1H3. The van der Waals surface area contributed by atoms with Crippen molar-refractivity contribution < 1.29 is 9.84 Å². The van der Waals surface area contributed by atoms with E-state index in [4.69, 9.17) is 4.74 Å². The zero-order valence-corrected chi connectivity index (χ0v) is 19.4. The number of fused-ring (bicyclic) bond motifs is 3. The number of para-hydroxylation sites is 1. The molecule has 2 aromatic heterocycles. The minimum Gasteiger partial charge on any atom is -0.496 e. The topological polar surface area (TPSA) is 76.4 Å². The minimum atomic E-state index is -0.549. The third-order valence-corrected chi connectivity index (χ3v) is 8.24. The Morgan fingerprint density at radius 1 is 1.28 bits per heavy atom. The van der Waals surface area contributed by atoms with E-state index in [2.05, 4.69) is 10.3 Å². The molecule has 1 saturated carbocycles. The van der Waals surface area contributed by atoms with Gasteiger partial charge in [0.05, 0.1) is 31.0 Å². The van der Waals surface area contributed by atoms with E-state index in [1.807, 2.05) is 24.3 Å². The number of thiophene rings is 1. The Balaban J connectivity index is 1.35. The molecule has 0 amide bonds. The molecule has 170 valence electrons. The van der Waals surface area contributed by atoms with Gasteiger partial charge >= 0.3 is 0 Å². The van der Waals surface area contributed by atoms with Gasteiger partial charge in [-0.25, -0.2) is 4.98 Å². The van der Waals surface area contributed by atoms with Gasteiger partial charge in [0.2, 0.25) is 0 Å². The molecule has 7 heteroatoms. The van der Waals surface area contributed by atoms with Gasteiger partial charge in [-0.1, -0.05) is 37.5 Å². The predicted molar refractivity (Wildman–Crippen MR) is 128 cm³/mol. The van der Waals surface area contributed by atoms with Gasteiger partial charge in [-0.2, -0.15) is 0 Å². The van der Waals surface area contributed by atoms with Crippen molar-refractivity contribution in [1.29, 1.82) is 0 Å². The molecule has 2 N–H and O–H groups in total. The first-order valence-corrected chi connectivity index (χ1v) is 12.5. The fourth-order valence-electron chi connectivity index (χ4n) is 5.23. The van der Waals surface area contributed by atoms with E-state index in [9.17, 15) is 9.90 Å². The van der Waals surface area contributed by atoms with Crippen molar-refractivity contribution in [1.82, 2.24) is 14.9 Å². The lowest BCUT2D eigenvalue weighted by Crippen LogP contribution is -2.47. The van der Waals surface area contributed by atoms with Gasteiger partial charge in [0, 0.05) is 23.0 Å². The number of ether oxygens (including phenoxy) is 1. The van der Waals surface area contributed by atoms with Crippen molar-refractivity contribution in [2.24, 2.45) is 0 Å². The molecule has 1 atom stereocenters. The summed E-state index contributed by atoms with van der Waals surface area (Å²) in [5.41, 5.74) is 1.62. The molecule has 1 unspecified atom stereocenters. The van der Waals surface area contributed by atoms with Crippen molar-refractivity contribution in [3.05, 3.63) is 57.0 Å². The lowest BCUT2D eigenvalue weighted by molar-refractivity contribution is 0.00233. The first kappa shape index (κ1) is 21.6. The maximum absolute atomic E-state index is 13.4. The van der Waals surface area contributed by atoms with Crippen molar-refractivity contribution in [2.75, 3.05) is 13.7 Å². The summed E-state index contributed by atoms with van der Waals surface area (Å²) >= 11 is 1.65. The minimum absolute atomic E-state index is 0.0290. The normalized spacial score (nSPS) is 20.2. The van der Waals surface area contributed by atoms with E-state index in [0.717, 1.165) is 66.5 Å². The van der Waals surface area contributed by atoms with Crippen molar-refractivity contribution in [3.63, 3.8) is 0 Å². The van der Waals surface area contributed by atoms with Gasteiger partial charge in [0.15, 0.2) is 0 Å². The second-order valence-corrected chi connectivity index (χ2v) is 10.4. The van der Waals surface area contributed by atoms with Crippen LogP contribution in [-0.2, 0) is 19.4 Å². The van der Waals surface area contributed by atoms with Crippen LogP contribution in [0.1, 0.15) is 54.5 Å². The molecular weight excluding hydrogens is 422 g/mol. The Kier molecular flexibility index (Phi) is 6.05. The first-order valence-electron chi connectivity index (χ1n) is 11.6. The molecule has 0 spiro atoms. The molecule has 3 aromatic rings. The Morgan fingerprint density at radius 2 is 2.09 bits per heavy atom. The van der Waals surface area contributed by atoms with Gasteiger partial charge < -0.3 is 15.2 Å². The molecule has 2 aliphatic carbocycles. The third kappa shape index (κ3) is 4.21. The van der Waals surface area contributed by atoms with E-state index in [-0.39, 0.29) is 5.56 Å². The molecule has 5 rings (SSSR count). The fourth-order valence-corrected chi connectivity index (χ4v) is 6.48. The Morgan fingerprint density at radius 3 is 2.91 bits per heavy atom. The van der Waals surface area contributed by atoms with Crippen LogP contribution in [0, 0.1) is 0 Å². The highest BCUT2D eigenvalue weighted by Gasteiger charge is 2.31. The van der Waals surface area contributed by atoms with Crippen molar-refractivity contribution in [2.45, 2.75) is 69.6 Å². The van der Waals surface area contributed by atoms with Crippen LogP contribution in [0.15, 0.2) is 35.4 Å². The number of hydrogen-bond acceptors (Lipinski definition) is 6. The summed E-state index contributed by atoms with van der Waals surface area (Å²) in [7, 11) is 1.65. The summed E-state index contributed by atoms with van der Waals surface area (Å²) in [6.45, 7) is 1.11. The zero-order chi connectivity index (χ0) is 22.1. The molecule has 0 saturated heterocycles.